The minimum Gasteiger partial charge on any atom is -0.386 e. The Kier molecular flexibility index (Phi) is 5.41. The number of aliphatic hydroxyl groups is 1. The summed E-state index contributed by atoms with van der Waals surface area (Å²) in [6, 6.07) is 5.97. The van der Waals surface area contributed by atoms with Gasteiger partial charge in [0, 0.05) is 12.1 Å². The zero-order valence-corrected chi connectivity index (χ0v) is 12.5. The van der Waals surface area contributed by atoms with Gasteiger partial charge < -0.3 is 10.4 Å². The molecule has 0 saturated heterocycles. The van der Waals surface area contributed by atoms with E-state index in [9.17, 15) is 14.3 Å². The number of aryl methyl sites for hydroxylation is 1. The van der Waals surface area contributed by atoms with Crippen molar-refractivity contribution < 1.29 is 14.3 Å². The smallest absolute Gasteiger partial charge is 0.263 e. The summed E-state index contributed by atoms with van der Waals surface area (Å²) in [6.07, 6.45) is 2.27. The van der Waals surface area contributed by atoms with Crippen molar-refractivity contribution in [1.29, 1.82) is 0 Å². The number of hydrogen-bond acceptors (Lipinski definition) is 4. The maximum absolute atomic E-state index is 13.5. The van der Waals surface area contributed by atoms with Gasteiger partial charge in [0.1, 0.15) is 10.7 Å². The number of aromatic nitrogens is 1. The minimum atomic E-state index is -1.07. The molecule has 1 heterocycles. The number of halogens is 1. The summed E-state index contributed by atoms with van der Waals surface area (Å²) >= 11 is 1.34. The lowest BCUT2D eigenvalue weighted by molar-refractivity contribution is 0.0918. The highest BCUT2D eigenvalue weighted by atomic mass is 32.1. The third kappa shape index (κ3) is 4.09. The van der Waals surface area contributed by atoms with Gasteiger partial charge in [-0.1, -0.05) is 25.1 Å². The summed E-state index contributed by atoms with van der Waals surface area (Å²) in [7, 11) is 0. The maximum Gasteiger partial charge on any atom is 0.263 e. The fraction of sp³-hybridized carbons (Fsp3) is 0.333. The van der Waals surface area contributed by atoms with Crippen LogP contribution >= 0.6 is 11.3 Å². The summed E-state index contributed by atoms with van der Waals surface area (Å²) in [5, 5.41) is 13.4. The average Bonchev–Trinajstić information content (AvgIpc) is 2.94. The van der Waals surface area contributed by atoms with Crippen LogP contribution in [0.2, 0.25) is 0 Å². The van der Waals surface area contributed by atoms with E-state index in [1.54, 1.807) is 12.1 Å². The lowest BCUT2D eigenvalue weighted by Gasteiger charge is -2.12. The first-order valence-electron chi connectivity index (χ1n) is 6.77. The summed E-state index contributed by atoms with van der Waals surface area (Å²) in [5.41, 5.74) is 0.175. The van der Waals surface area contributed by atoms with E-state index in [2.05, 4.69) is 10.3 Å². The van der Waals surface area contributed by atoms with Crippen LogP contribution in [0, 0.1) is 5.82 Å². The number of benzene rings is 1. The Hall–Kier alpha value is -1.79. The first-order valence-corrected chi connectivity index (χ1v) is 7.59. The van der Waals surface area contributed by atoms with Crippen LogP contribution in [-0.2, 0) is 6.42 Å². The summed E-state index contributed by atoms with van der Waals surface area (Å²) in [5.74, 6) is -0.785. The molecule has 1 aromatic heterocycles. The molecular formula is C15H17FN2O2S. The number of hydrogen-bond donors (Lipinski definition) is 2. The van der Waals surface area contributed by atoms with Gasteiger partial charge in [0.2, 0.25) is 0 Å². The summed E-state index contributed by atoms with van der Waals surface area (Å²) < 4.78 is 13.5. The SMILES string of the molecule is CCCc1ncc(C(=O)NCC(O)c2ccccc2F)s1. The van der Waals surface area contributed by atoms with Crippen molar-refractivity contribution in [3.05, 3.63) is 51.7 Å². The van der Waals surface area contributed by atoms with Gasteiger partial charge in [-0.15, -0.1) is 11.3 Å². The van der Waals surface area contributed by atoms with Crippen molar-refractivity contribution >= 4 is 17.2 Å². The third-order valence-electron chi connectivity index (χ3n) is 2.96. The second kappa shape index (κ2) is 7.28. The maximum atomic E-state index is 13.5. The largest absolute Gasteiger partial charge is 0.386 e. The molecule has 0 spiro atoms. The number of nitrogens with one attached hydrogen (secondary N) is 1. The fourth-order valence-corrected chi connectivity index (χ4v) is 2.81. The molecule has 0 aliphatic rings. The normalized spacial score (nSPS) is 12.1. The van der Waals surface area contributed by atoms with Crippen LogP contribution in [0.25, 0.3) is 0 Å². The van der Waals surface area contributed by atoms with E-state index in [-0.39, 0.29) is 18.0 Å². The predicted molar refractivity (Wildman–Crippen MR) is 79.8 cm³/mol. The Morgan fingerprint density at radius 1 is 1.48 bits per heavy atom. The van der Waals surface area contributed by atoms with Crippen LogP contribution in [0.1, 0.15) is 39.7 Å². The van der Waals surface area contributed by atoms with Gasteiger partial charge in [-0.2, -0.15) is 0 Å². The standard InChI is InChI=1S/C15H17FN2O2S/c1-2-5-14-17-9-13(21-14)15(20)18-8-12(19)10-6-3-4-7-11(10)16/h3-4,6-7,9,12,19H,2,5,8H2,1H3,(H,18,20). The van der Waals surface area contributed by atoms with Crippen molar-refractivity contribution in [2.45, 2.75) is 25.9 Å². The number of aliphatic hydroxyl groups excluding tert-OH is 1. The number of thiazole rings is 1. The van der Waals surface area contributed by atoms with Crippen LogP contribution in [0.4, 0.5) is 4.39 Å². The molecule has 2 aromatic rings. The molecular weight excluding hydrogens is 291 g/mol. The van der Waals surface area contributed by atoms with E-state index >= 15 is 0 Å². The van der Waals surface area contributed by atoms with Crippen molar-refractivity contribution in [2.75, 3.05) is 6.54 Å². The molecule has 2 rings (SSSR count). The Morgan fingerprint density at radius 2 is 2.24 bits per heavy atom. The van der Waals surface area contributed by atoms with Crippen molar-refractivity contribution in [1.82, 2.24) is 10.3 Å². The Labute approximate surface area is 126 Å². The van der Waals surface area contributed by atoms with Gasteiger partial charge in [-0.3, -0.25) is 4.79 Å². The first kappa shape index (κ1) is 15.6. The van der Waals surface area contributed by atoms with Gasteiger partial charge in [0.15, 0.2) is 0 Å². The van der Waals surface area contributed by atoms with Crippen molar-refractivity contribution in [2.24, 2.45) is 0 Å². The van der Waals surface area contributed by atoms with E-state index in [4.69, 9.17) is 0 Å². The third-order valence-corrected chi connectivity index (χ3v) is 4.02. The molecule has 2 N–H and O–H groups in total. The predicted octanol–water partition coefficient (Wildman–Crippen LogP) is 2.70. The summed E-state index contributed by atoms with van der Waals surface area (Å²) in [6.45, 7) is 2.01. The van der Waals surface area contributed by atoms with E-state index < -0.39 is 11.9 Å². The highest BCUT2D eigenvalue weighted by molar-refractivity contribution is 7.13. The second-order valence-corrected chi connectivity index (χ2v) is 5.73. The zero-order chi connectivity index (χ0) is 15.2. The van der Waals surface area contributed by atoms with Gasteiger partial charge in [0.05, 0.1) is 17.3 Å². The van der Waals surface area contributed by atoms with Crippen LogP contribution in [0.3, 0.4) is 0 Å². The number of nitrogens with zero attached hydrogens (tertiary/aromatic N) is 1. The van der Waals surface area contributed by atoms with Gasteiger partial charge in [-0.25, -0.2) is 9.37 Å². The van der Waals surface area contributed by atoms with Crippen LogP contribution in [-0.4, -0.2) is 22.5 Å². The van der Waals surface area contributed by atoms with Crippen molar-refractivity contribution in [3.8, 4) is 0 Å². The van der Waals surface area contributed by atoms with Gasteiger partial charge in [0.25, 0.3) is 5.91 Å². The molecule has 0 fully saturated rings. The van der Waals surface area contributed by atoms with Crippen LogP contribution in [0.15, 0.2) is 30.5 Å². The topological polar surface area (TPSA) is 62.2 Å². The Morgan fingerprint density at radius 3 is 2.95 bits per heavy atom. The molecule has 0 saturated carbocycles. The van der Waals surface area contributed by atoms with Crippen LogP contribution < -0.4 is 5.32 Å². The van der Waals surface area contributed by atoms with E-state index in [0.717, 1.165) is 17.8 Å². The molecule has 6 heteroatoms. The lowest BCUT2D eigenvalue weighted by atomic mass is 10.1. The van der Waals surface area contributed by atoms with E-state index in [1.165, 1.54) is 29.7 Å². The highest BCUT2D eigenvalue weighted by Crippen LogP contribution is 2.17. The molecule has 0 radical (unpaired) electrons. The van der Waals surface area contributed by atoms with Gasteiger partial charge in [-0.05, 0) is 18.9 Å². The molecule has 0 aliphatic heterocycles. The molecule has 0 aliphatic carbocycles. The fourth-order valence-electron chi connectivity index (χ4n) is 1.88. The molecule has 112 valence electrons. The van der Waals surface area contributed by atoms with E-state index in [1.807, 2.05) is 6.92 Å². The van der Waals surface area contributed by atoms with Gasteiger partial charge >= 0.3 is 0 Å². The van der Waals surface area contributed by atoms with Crippen LogP contribution in [0.5, 0.6) is 0 Å². The number of carbonyl (C=O) groups excluding carboxylic acids is 1. The number of rotatable bonds is 6. The number of amides is 1. The highest BCUT2D eigenvalue weighted by Gasteiger charge is 2.15. The number of carbonyl (C=O) groups is 1. The lowest BCUT2D eigenvalue weighted by Crippen LogP contribution is -2.28. The average molecular weight is 308 g/mol. The quantitative estimate of drug-likeness (QED) is 0.862. The van der Waals surface area contributed by atoms with Crippen molar-refractivity contribution in [3.63, 3.8) is 0 Å². The first-order chi connectivity index (χ1) is 10.1. The molecule has 1 amide bonds. The molecule has 0 bridgehead atoms. The molecule has 1 unspecified atom stereocenters. The second-order valence-electron chi connectivity index (χ2n) is 4.62. The minimum absolute atomic E-state index is 0.0409. The van der Waals surface area contributed by atoms with E-state index in [0.29, 0.717) is 4.88 Å². The summed E-state index contributed by atoms with van der Waals surface area (Å²) in [4.78, 5) is 16.6. The molecule has 1 aromatic carbocycles. The Bertz CT molecular complexity index is 615. The Balaban J connectivity index is 1.92. The molecule has 1 atom stereocenters. The molecule has 4 nitrogen and oxygen atoms in total. The molecule has 21 heavy (non-hydrogen) atoms. The monoisotopic (exact) mass is 308 g/mol. The zero-order valence-electron chi connectivity index (χ0n) is 11.7.